The van der Waals surface area contributed by atoms with Crippen LogP contribution in [0.15, 0.2) is 40.4 Å². The molecule has 0 unspecified atom stereocenters. The average Bonchev–Trinajstić information content (AvgIpc) is 2.69. The van der Waals surface area contributed by atoms with Gasteiger partial charge in [-0.25, -0.2) is 4.98 Å². The molecule has 0 aliphatic rings. The molecule has 0 aromatic carbocycles. The zero-order valence-electron chi connectivity index (χ0n) is 7.76. The van der Waals surface area contributed by atoms with E-state index in [-0.39, 0.29) is 18.4 Å². The summed E-state index contributed by atoms with van der Waals surface area (Å²) < 4.78 is 0.821. The molecule has 2 nitrogen and oxygen atoms in total. The minimum atomic E-state index is -0.0469. The first-order valence-electron chi connectivity index (χ1n) is 4.18. The van der Waals surface area contributed by atoms with Gasteiger partial charge in [-0.2, -0.15) is 0 Å². The van der Waals surface area contributed by atoms with E-state index in [1.165, 1.54) is 4.88 Å². The third-order valence-electron chi connectivity index (χ3n) is 1.96. The van der Waals surface area contributed by atoms with Crippen molar-refractivity contribution in [3.8, 4) is 0 Å². The van der Waals surface area contributed by atoms with Gasteiger partial charge in [-0.15, -0.1) is 23.7 Å². The van der Waals surface area contributed by atoms with Crippen LogP contribution < -0.4 is 5.73 Å². The monoisotopic (exact) mass is 304 g/mol. The number of nitrogens with two attached hydrogens (primary N) is 1. The summed E-state index contributed by atoms with van der Waals surface area (Å²) >= 11 is 5.00. The Balaban J connectivity index is 0.00000112. The lowest BCUT2D eigenvalue weighted by Crippen LogP contribution is -2.10. The van der Waals surface area contributed by atoms with Crippen LogP contribution in [0.2, 0.25) is 0 Å². The van der Waals surface area contributed by atoms with Crippen LogP contribution >= 0.6 is 39.7 Å². The van der Waals surface area contributed by atoms with Crippen molar-refractivity contribution in [1.82, 2.24) is 4.98 Å². The maximum absolute atomic E-state index is 6.09. The molecular formula is C10H10BrClN2S. The second kappa shape index (κ2) is 5.61. The molecule has 0 saturated carbocycles. The van der Waals surface area contributed by atoms with Gasteiger partial charge in [0.15, 0.2) is 0 Å². The summed E-state index contributed by atoms with van der Waals surface area (Å²) in [4.78, 5) is 5.24. The van der Waals surface area contributed by atoms with Gasteiger partial charge in [-0.05, 0) is 45.1 Å². The fourth-order valence-corrected chi connectivity index (χ4v) is 2.38. The standard InChI is InChI=1S/C10H9BrN2S.ClH/c11-9-6-7(3-4-13-9)10(12)8-2-1-5-14-8;/h1-6,10H,12H2;1H/t10-;/m0./s1. The van der Waals surface area contributed by atoms with E-state index in [4.69, 9.17) is 5.73 Å². The van der Waals surface area contributed by atoms with E-state index in [9.17, 15) is 0 Å². The van der Waals surface area contributed by atoms with Crippen LogP contribution in [0.3, 0.4) is 0 Å². The normalized spacial score (nSPS) is 11.9. The highest BCUT2D eigenvalue weighted by atomic mass is 79.9. The van der Waals surface area contributed by atoms with Gasteiger partial charge in [0.2, 0.25) is 0 Å². The smallest absolute Gasteiger partial charge is 0.106 e. The van der Waals surface area contributed by atoms with Crippen molar-refractivity contribution in [2.45, 2.75) is 6.04 Å². The van der Waals surface area contributed by atoms with E-state index in [2.05, 4.69) is 20.9 Å². The Kier molecular flexibility index (Phi) is 4.73. The molecule has 80 valence electrons. The largest absolute Gasteiger partial charge is 0.320 e. The van der Waals surface area contributed by atoms with E-state index < -0.39 is 0 Å². The lowest BCUT2D eigenvalue weighted by Gasteiger charge is -2.09. The minimum absolute atomic E-state index is 0. The molecule has 2 aromatic heterocycles. The highest BCUT2D eigenvalue weighted by Crippen LogP contribution is 2.24. The summed E-state index contributed by atoms with van der Waals surface area (Å²) in [5, 5.41) is 2.03. The molecule has 0 bridgehead atoms. The van der Waals surface area contributed by atoms with Crippen molar-refractivity contribution in [2.24, 2.45) is 5.73 Å². The van der Waals surface area contributed by atoms with E-state index in [0.29, 0.717) is 0 Å². The van der Waals surface area contributed by atoms with Gasteiger partial charge in [-0.3, -0.25) is 0 Å². The topological polar surface area (TPSA) is 38.9 Å². The molecule has 15 heavy (non-hydrogen) atoms. The Morgan fingerprint density at radius 2 is 2.20 bits per heavy atom. The number of aromatic nitrogens is 1. The van der Waals surface area contributed by atoms with Gasteiger partial charge in [0.25, 0.3) is 0 Å². The Morgan fingerprint density at radius 3 is 2.80 bits per heavy atom. The van der Waals surface area contributed by atoms with Gasteiger partial charge in [0.1, 0.15) is 4.60 Å². The third-order valence-corrected chi connectivity index (χ3v) is 3.35. The molecule has 0 amide bonds. The van der Waals surface area contributed by atoms with Gasteiger partial charge in [-0.1, -0.05) is 6.07 Å². The molecule has 2 rings (SSSR count). The molecule has 2 aromatic rings. The first kappa shape index (κ1) is 12.6. The van der Waals surface area contributed by atoms with Crippen molar-refractivity contribution < 1.29 is 0 Å². The zero-order chi connectivity index (χ0) is 9.97. The second-order valence-corrected chi connectivity index (χ2v) is 4.70. The number of hydrogen-bond acceptors (Lipinski definition) is 3. The zero-order valence-corrected chi connectivity index (χ0v) is 11.0. The minimum Gasteiger partial charge on any atom is -0.320 e. The molecule has 0 fully saturated rings. The van der Waals surface area contributed by atoms with Crippen LogP contribution in [0, 0.1) is 0 Å². The molecule has 0 aliphatic heterocycles. The Bertz CT molecular complexity index is 419. The fraction of sp³-hybridized carbons (Fsp3) is 0.100. The number of hydrogen-bond donors (Lipinski definition) is 1. The lowest BCUT2D eigenvalue weighted by atomic mass is 10.1. The number of pyridine rings is 1. The van der Waals surface area contributed by atoms with E-state index in [1.54, 1.807) is 17.5 Å². The first-order valence-corrected chi connectivity index (χ1v) is 5.85. The summed E-state index contributed by atoms with van der Waals surface area (Å²) in [7, 11) is 0. The predicted molar refractivity (Wildman–Crippen MR) is 69.5 cm³/mol. The van der Waals surface area contributed by atoms with Crippen molar-refractivity contribution in [3.63, 3.8) is 0 Å². The SMILES string of the molecule is Cl.N[C@@H](c1ccnc(Br)c1)c1cccs1. The molecule has 0 aliphatic carbocycles. The summed E-state index contributed by atoms with van der Waals surface area (Å²) in [6, 6.07) is 7.90. The summed E-state index contributed by atoms with van der Waals surface area (Å²) in [6.45, 7) is 0. The Morgan fingerprint density at radius 1 is 1.40 bits per heavy atom. The molecule has 2 N–H and O–H groups in total. The van der Waals surface area contributed by atoms with E-state index in [1.807, 2.05) is 29.6 Å². The van der Waals surface area contributed by atoms with Crippen molar-refractivity contribution in [3.05, 3.63) is 50.9 Å². The maximum Gasteiger partial charge on any atom is 0.106 e. The number of thiophene rings is 1. The lowest BCUT2D eigenvalue weighted by molar-refractivity contribution is 0.887. The summed E-state index contributed by atoms with van der Waals surface area (Å²) in [5.74, 6) is 0. The van der Waals surface area contributed by atoms with Gasteiger partial charge < -0.3 is 5.73 Å². The molecule has 2 heterocycles. The maximum atomic E-state index is 6.09. The van der Waals surface area contributed by atoms with Crippen LogP contribution in [0.25, 0.3) is 0 Å². The number of halogens is 2. The molecule has 0 saturated heterocycles. The van der Waals surface area contributed by atoms with Crippen molar-refractivity contribution >= 4 is 39.7 Å². The fourth-order valence-electron chi connectivity index (χ4n) is 1.24. The van der Waals surface area contributed by atoms with Crippen molar-refractivity contribution in [1.29, 1.82) is 0 Å². The highest BCUT2D eigenvalue weighted by molar-refractivity contribution is 9.10. The quantitative estimate of drug-likeness (QED) is 0.864. The van der Waals surface area contributed by atoms with Crippen LogP contribution in [0.1, 0.15) is 16.5 Å². The van der Waals surface area contributed by atoms with Crippen LogP contribution in [-0.4, -0.2) is 4.98 Å². The Hall–Kier alpha value is -0.420. The first-order chi connectivity index (χ1) is 6.77. The molecule has 5 heteroatoms. The number of rotatable bonds is 2. The van der Waals surface area contributed by atoms with E-state index in [0.717, 1.165) is 10.2 Å². The van der Waals surface area contributed by atoms with E-state index >= 15 is 0 Å². The molecular weight excluding hydrogens is 296 g/mol. The van der Waals surface area contributed by atoms with Crippen molar-refractivity contribution in [2.75, 3.05) is 0 Å². The van der Waals surface area contributed by atoms with Gasteiger partial charge in [0, 0.05) is 11.1 Å². The van der Waals surface area contributed by atoms with Gasteiger partial charge in [0.05, 0.1) is 6.04 Å². The van der Waals surface area contributed by atoms with Gasteiger partial charge >= 0.3 is 0 Å². The van der Waals surface area contributed by atoms with Crippen LogP contribution in [0.5, 0.6) is 0 Å². The van der Waals surface area contributed by atoms with Crippen LogP contribution in [-0.2, 0) is 0 Å². The van der Waals surface area contributed by atoms with Crippen LogP contribution in [0.4, 0.5) is 0 Å². The molecule has 0 radical (unpaired) electrons. The average molecular weight is 306 g/mol. The highest BCUT2D eigenvalue weighted by Gasteiger charge is 2.09. The number of nitrogens with zero attached hydrogens (tertiary/aromatic N) is 1. The third kappa shape index (κ3) is 3.01. The predicted octanol–water partition coefficient (Wildman–Crippen LogP) is 3.38. The summed E-state index contributed by atoms with van der Waals surface area (Å²) in [6.07, 6.45) is 1.76. The molecule has 0 spiro atoms. The summed E-state index contributed by atoms with van der Waals surface area (Å²) in [5.41, 5.74) is 7.17. The Labute approximate surface area is 107 Å². The molecule has 1 atom stereocenters. The second-order valence-electron chi connectivity index (χ2n) is 2.90.